The number of aliphatic carboxylic acids is 5. The van der Waals surface area contributed by atoms with Gasteiger partial charge in [0, 0.05) is 32.2 Å². The van der Waals surface area contributed by atoms with Crippen LogP contribution in [-0.2, 0) is 30.4 Å². The third kappa shape index (κ3) is 13.9. The number of rotatable bonds is 23. The molecular weight excluding hydrogens is 542 g/mol. The summed E-state index contributed by atoms with van der Waals surface area (Å²) in [6.45, 7) is 2.78. The van der Waals surface area contributed by atoms with Crippen LogP contribution in [0, 0.1) is 5.92 Å². The molecule has 0 spiro atoms. The SMILES string of the molecule is CCCCOc1ccccc1CC(CN(CCN(CC)CC(=O)O)CC(=O)O)N(CC(=O)O)CC(C(=O)O)C(=O)O. The van der Waals surface area contributed by atoms with Crippen LogP contribution in [0.15, 0.2) is 24.3 Å². The molecule has 0 radical (unpaired) electrons. The standard InChI is InChI=1S/C27H41N3O11/c1-3-5-12-41-22-9-7-6-8-19(22)13-20(30(18-25(35)36)15-21(26(37)38)27(39)40)14-29(17-24(33)34)11-10-28(4-2)16-23(31)32/h6-9,20-21H,3-5,10-18H2,1-2H3,(H,31,32)(H,33,34)(H,35,36)(H,37,38)(H,39,40). The van der Waals surface area contributed by atoms with Crippen molar-refractivity contribution in [2.45, 2.75) is 39.2 Å². The highest BCUT2D eigenvalue weighted by Gasteiger charge is 2.34. The van der Waals surface area contributed by atoms with E-state index in [2.05, 4.69) is 0 Å². The Labute approximate surface area is 238 Å². The van der Waals surface area contributed by atoms with E-state index in [1.807, 2.05) is 6.92 Å². The molecule has 1 rings (SSSR count). The first-order valence-electron chi connectivity index (χ1n) is 13.4. The van der Waals surface area contributed by atoms with Gasteiger partial charge < -0.3 is 30.3 Å². The second-order valence-corrected chi connectivity index (χ2v) is 9.61. The fourth-order valence-electron chi connectivity index (χ4n) is 4.26. The second-order valence-electron chi connectivity index (χ2n) is 9.61. The summed E-state index contributed by atoms with van der Waals surface area (Å²) < 4.78 is 5.90. The molecule has 1 aromatic carbocycles. The first kappa shape index (κ1) is 35.3. The average molecular weight is 584 g/mol. The molecule has 0 aliphatic heterocycles. The lowest BCUT2D eigenvalue weighted by atomic mass is 10.0. The number of carboxylic acids is 5. The van der Waals surface area contributed by atoms with E-state index in [9.17, 15) is 44.4 Å². The third-order valence-electron chi connectivity index (χ3n) is 6.42. The number of carbonyl (C=O) groups is 5. The van der Waals surface area contributed by atoms with E-state index in [1.54, 1.807) is 36.1 Å². The van der Waals surface area contributed by atoms with Crippen LogP contribution in [-0.4, -0.2) is 135 Å². The van der Waals surface area contributed by atoms with Crippen LogP contribution in [0.2, 0.25) is 0 Å². The molecular formula is C27H41N3O11. The molecule has 41 heavy (non-hydrogen) atoms. The lowest BCUT2D eigenvalue weighted by Gasteiger charge is -2.36. The summed E-state index contributed by atoms with van der Waals surface area (Å²) in [5, 5.41) is 47.3. The van der Waals surface area contributed by atoms with Gasteiger partial charge in [-0.15, -0.1) is 0 Å². The quantitative estimate of drug-likeness (QED) is 0.0890. The highest BCUT2D eigenvalue weighted by Crippen LogP contribution is 2.23. The number of hydrogen-bond acceptors (Lipinski definition) is 9. The molecule has 14 nitrogen and oxygen atoms in total. The minimum atomic E-state index is -1.92. The minimum Gasteiger partial charge on any atom is -0.493 e. The van der Waals surface area contributed by atoms with Gasteiger partial charge in [-0.2, -0.15) is 0 Å². The Hall–Kier alpha value is -3.75. The molecule has 0 amide bonds. The maximum Gasteiger partial charge on any atom is 0.319 e. The number of likely N-dealkylation sites (N-methyl/N-ethyl adjacent to an activating group) is 1. The van der Waals surface area contributed by atoms with Crippen molar-refractivity contribution in [2.24, 2.45) is 5.92 Å². The van der Waals surface area contributed by atoms with Gasteiger partial charge in [0.05, 0.1) is 26.2 Å². The number of para-hydroxylation sites is 1. The topological polar surface area (TPSA) is 205 Å². The Morgan fingerprint density at radius 3 is 1.88 bits per heavy atom. The largest absolute Gasteiger partial charge is 0.493 e. The molecule has 1 unspecified atom stereocenters. The van der Waals surface area contributed by atoms with Crippen molar-refractivity contribution in [3.8, 4) is 5.75 Å². The van der Waals surface area contributed by atoms with Crippen molar-refractivity contribution < 1.29 is 54.2 Å². The highest BCUT2D eigenvalue weighted by atomic mass is 16.5. The highest BCUT2D eigenvalue weighted by molar-refractivity contribution is 5.93. The van der Waals surface area contributed by atoms with Crippen LogP contribution in [0.3, 0.4) is 0 Å². The van der Waals surface area contributed by atoms with Crippen LogP contribution >= 0.6 is 0 Å². The molecule has 1 atom stereocenters. The number of carboxylic acid groups (broad SMARTS) is 5. The van der Waals surface area contributed by atoms with Crippen LogP contribution in [0.5, 0.6) is 5.75 Å². The smallest absolute Gasteiger partial charge is 0.319 e. The van der Waals surface area contributed by atoms with Gasteiger partial charge in [0.1, 0.15) is 5.75 Å². The van der Waals surface area contributed by atoms with Gasteiger partial charge in [0.25, 0.3) is 0 Å². The summed E-state index contributed by atoms with van der Waals surface area (Å²) in [5.74, 6) is -8.21. The fourth-order valence-corrected chi connectivity index (χ4v) is 4.26. The minimum absolute atomic E-state index is 0.0700. The molecule has 0 aliphatic rings. The third-order valence-corrected chi connectivity index (χ3v) is 6.42. The van der Waals surface area contributed by atoms with Gasteiger partial charge >= 0.3 is 29.8 Å². The Balaban J connectivity index is 3.46. The van der Waals surface area contributed by atoms with E-state index < -0.39 is 61.4 Å². The van der Waals surface area contributed by atoms with E-state index >= 15 is 0 Å². The molecule has 0 saturated heterocycles. The van der Waals surface area contributed by atoms with Crippen LogP contribution in [0.25, 0.3) is 0 Å². The molecule has 0 aromatic heterocycles. The monoisotopic (exact) mass is 583 g/mol. The van der Waals surface area contributed by atoms with Gasteiger partial charge in [0.2, 0.25) is 0 Å². The zero-order chi connectivity index (χ0) is 30.9. The summed E-state index contributed by atoms with van der Waals surface area (Å²) >= 11 is 0. The zero-order valence-electron chi connectivity index (χ0n) is 23.5. The number of nitrogens with zero attached hydrogens (tertiary/aromatic N) is 3. The molecule has 14 heteroatoms. The lowest BCUT2D eigenvalue weighted by Crippen LogP contribution is -2.52. The van der Waals surface area contributed by atoms with Crippen LogP contribution < -0.4 is 4.74 Å². The first-order chi connectivity index (χ1) is 19.4. The number of hydrogen-bond donors (Lipinski definition) is 5. The summed E-state index contributed by atoms with van der Waals surface area (Å²) in [6.07, 6.45) is 1.78. The number of ether oxygens (including phenoxy) is 1. The molecule has 1 aromatic rings. The van der Waals surface area contributed by atoms with Crippen molar-refractivity contribution in [1.29, 1.82) is 0 Å². The van der Waals surface area contributed by atoms with Crippen molar-refractivity contribution >= 4 is 29.8 Å². The van der Waals surface area contributed by atoms with Crippen molar-refractivity contribution in [3.05, 3.63) is 29.8 Å². The van der Waals surface area contributed by atoms with Gasteiger partial charge in [-0.3, -0.25) is 38.7 Å². The Morgan fingerprint density at radius 2 is 1.34 bits per heavy atom. The molecule has 0 saturated carbocycles. The van der Waals surface area contributed by atoms with Crippen molar-refractivity contribution in [3.63, 3.8) is 0 Å². The maximum atomic E-state index is 11.8. The van der Waals surface area contributed by atoms with Crippen molar-refractivity contribution in [2.75, 3.05) is 59.0 Å². The molecule has 230 valence electrons. The fraction of sp³-hybridized carbons (Fsp3) is 0.593. The van der Waals surface area contributed by atoms with Gasteiger partial charge in [-0.05, 0) is 31.0 Å². The molecule has 5 N–H and O–H groups in total. The number of unbranched alkanes of at least 4 members (excludes halogenated alkanes) is 1. The number of benzene rings is 1. The molecule has 0 heterocycles. The normalized spacial score (nSPS) is 12.1. The molecule has 0 aliphatic carbocycles. The van der Waals surface area contributed by atoms with E-state index in [0.717, 1.165) is 12.8 Å². The maximum absolute atomic E-state index is 11.8. The second kappa shape index (κ2) is 18.6. The molecule has 0 bridgehead atoms. The van der Waals surface area contributed by atoms with E-state index in [1.165, 1.54) is 9.80 Å². The predicted octanol–water partition coefficient (Wildman–Crippen LogP) is 0.742. The Bertz CT molecular complexity index is 1010. The summed E-state index contributed by atoms with van der Waals surface area (Å²) in [4.78, 5) is 62.4. The van der Waals surface area contributed by atoms with Gasteiger partial charge in [0.15, 0.2) is 5.92 Å². The van der Waals surface area contributed by atoms with Gasteiger partial charge in [-0.25, -0.2) is 0 Å². The van der Waals surface area contributed by atoms with E-state index in [0.29, 0.717) is 24.5 Å². The van der Waals surface area contributed by atoms with E-state index in [4.69, 9.17) is 9.84 Å². The average Bonchev–Trinajstić information content (AvgIpc) is 2.88. The van der Waals surface area contributed by atoms with Gasteiger partial charge in [-0.1, -0.05) is 38.5 Å². The summed E-state index contributed by atoms with van der Waals surface area (Å²) in [6, 6.07) is 6.17. The Kier molecular flexibility index (Phi) is 16.0. The molecule has 0 fully saturated rings. The van der Waals surface area contributed by atoms with Crippen LogP contribution in [0.4, 0.5) is 0 Å². The summed E-state index contributed by atoms with van der Waals surface area (Å²) in [7, 11) is 0. The lowest BCUT2D eigenvalue weighted by molar-refractivity contribution is -0.157. The summed E-state index contributed by atoms with van der Waals surface area (Å²) in [5.41, 5.74) is 0.655. The van der Waals surface area contributed by atoms with Crippen LogP contribution in [0.1, 0.15) is 32.3 Å². The zero-order valence-corrected chi connectivity index (χ0v) is 23.5. The first-order valence-corrected chi connectivity index (χ1v) is 13.4. The predicted molar refractivity (Wildman–Crippen MR) is 146 cm³/mol. The van der Waals surface area contributed by atoms with Crippen molar-refractivity contribution in [1.82, 2.24) is 14.7 Å². The van der Waals surface area contributed by atoms with E-state index in [-0.39, 0.29) is 32.6 Å². The Morgan fingerprint density at radius 1 is 0.780 bits per heavy atom.